The van der Waals surface area contributed by atoms with Gasteiger partial charge in [0.25, 0.3) is 0 Å². The Morgan fingerprint density at radius 2 is 1.62 bits per heavy atom. The lowest BCUT2D eigenvalue weighted by Crippen LogP contribution is -2.24. The van der Waals surface area contributed by atoms with E-state index in [4.69, 9.17) is 15.6 Å². The normalized spacial score (nSPS) is 11.4. The maximum absolute atomic E-state index is 12.5. The number of anilines is 2. The molecule has 1 amide bonds. The van der Waals surface area contributed by atoms with Crippen molar-refractivity contribution in [2.75, 3.05) is 38.3 Å². The molecule has 2 heterocycles. The number of likely N-dealkylation sites (N-methyl/N-ethyl adjacent to an activating group) is 2. The van der Waals surface area contributed by atoms with Crippen LogP contribution in [0.3, 0.4) is 0 Å². The van der Waals surface area contributed by atoms with Crippen molar-refractivity contribution in [1.82, 2.24) is 24.6 Å². The standard InChI is InChI=1S/C30H29N7O2/c1-35(2)19-7-10-26(38)36(3)22-13-15-23(16-14-22)37-30-27(29(31)32-20-33-30)28(34-37)21-11-17-25(18-12-21)39-24-8-5-4-6-9-24/h4-18,20H,19H2,1-3H3,(H2,31,32,33)/b10-7+. The molecule has 0 atom stereocenters. The van der Waals surface area contributed by atoms with Crippen molar-refractivity contribution in [1.29, 1.82) is 0 Å². The van der Waals surface area contributed by atoms with Gasteiger partial charge in [0.2, 0.25) is 5.91 Å². The molecule has 2 N–H and O–H groups in total. The van der Waals surface area contributed by atoms with Gasteiger partial charge in [0.05, 0.1) is 11.1 Å². The molecule has 5 aromatic rings. The highest BCUT2D eigenvalue weighted by Crippen LogP contribution is 2.33. The monoisotopic (exact) mass is 519 g/mol. The molecule has 0 unspecified atom stereocenters. The van der Waals surface area contributed by atoms with Crippen molar-refractivity contribution in [3.05, 3.63) is 97.3 Å². The molecule has 2 aromatic heterocycles. The Morgan fingerprint density at radius 1 is 0.923 bits per heavy atom. The van der Waals surface area contributed by atoms with Gasteiger partial charge in [-0.1, -0.05) is 24.3 Å². The quantitative estimate of drug-likeness (QED) is 0.290. The third-order valence-corrected chi connectivity index (χ3v) is 6.14. The summed E-state index contributed by atoms with van der Waals surface area (Å²) in [5, 5.41) is 5.53. The van der Waals surface area contributed by atoms with Crippen molar-refractivity contribution < 1.29 is 9.53 Å². The summed E-state index contributed by atoms with van der Waals surface area (Å²) in [7, 11) is 5.66. The molecule has 0 aliphatic rings. The Labute approximate surface area is 226 Å². The number of aromatic nitrogens is 4. The number of ether oxygens (including phenoxy) is 1. The topological polar surface area (TPSA) is 102 Å². The highest BCUT2D eigenvalue weighted by Gasteiger charge is 2.18. The van der Waals surface area contributed by atoms with Gasteiger partial charge in [0.15, 0.2) is 5.65 Å². The SMILES string of the molecule is CN(C)C/C=C/C(=O)N(C)c1ccc(-n2nc(-c3ccc(Oc4ccccc4)cc3)c3c(N)ncnc32)cc1. The van der Waals surface area contributed by atoms with Gasteiger partial charge in [-0.2, -0.15) is 5.10 Å². The fraction of sp³-hybridized carbons (Fsp3) is 0.133. The molecule has 0 aliphatic heterocycles. The number of hydrogen-bond donors (Lipinski definition) is 1. The minimum atomic E-state index is -0.100. The van der Waals surface area contributed by atoms with Crippen LogP contribution in [0.2, 0.25) is 0 Å². The highest BCUT2D eigenvalue weighted by molar-refractivity contribution is 6.01. The molecule has 196 valence electrons. The van der Waals surface area contributed by atoms with Crippen LogP contribution in [0.15, 0.2) is 97.3 Å². The minimum absolute atomic E-state index is 0.100. The molecule has 0 fully saturated rings. The van der Waals surface area contributed by atoms with Crippen LogP contribution in [0, 0.1) is 0 Å². The van der Waals surface area contributed by atoms with Gasteiger partial charge >= 0.3 is 0 Å². The maximum Gasteiger partial charge on any atom is 0.250 e. The summed E-state index contributed by atoms with van der Waals surface area (Å²) < 4.78 is 7.66. The Balaban J connectivity index is 1.44. The lowest BCUT2D eigenvalue weighted by molar-refractivity contribution is -0.113. The summed E-state index contributed by atoms with van der Waals surface area (Å²) >= 11 is 0. The van der Waals surface area contributed by atoms with Crippen molar-refractivity contribution in [3.8, 4) is 28.4 Å². The van der Waals surface area contributed by atoms with Gasteiger partial charge in [0.1, 0.15) is 29.3 Å². The fourth-order valence-electron chi connectivity index (χ4n) is 4.08. The second-order valence-corrected chi connectivity index (χ2v) is 9.24. The van der Waals surface area contributed by atoms with Crippen LogP contribution in [-0.4, -0.2) is 58.2 Å². The second-order valence-electron chi connectivity index (χ2n) is 9.24. The number of nitrogens with zero attached hydrogens (tertiary/aromatic N) is 6. The highest BCUT2D eigenvalue weighted by atomic mass is 16.5. The van der Waals surface area contributed by atoms with Gasteiger partial charge in [-0.15, -0.1) is 0 Å². The molecule has 5 rings (SSSR count). The van der Waals surface area contributed by atoms with E-state index in [1.54, 1.807) is 22.7 Å². The summed E-state index contributed by atoms with van der Waals surface area (Å²) in [5.41, 5.74) is 9.94. The summed E-state index contributed by atoms with van der Waals surface area (Å²) in [6, 6.07) is 24.8. The van der Waals surface area contributed by atoms with Gasteiger partial charge in [0, 0.05) is 30.9 Å². The lowest BCUT2D eigenvalue weighted by atomic mass is 10.1. The predicted octanol–water partition coefficient (Wildman–Crippen LogP) is 4.94. The van der Waals surface area contributed by atoms with Gasteiger partial charge < -0.3 is 20.3 Å². The summed E-state index contributed by atoms with van der Waals surface area (Å²) in [5.74, 6) is 1.72. The van der Waals surface area contributed by atoms with E-state index in [0.29, 0.717) is 34.8 Å². The molecule has 3 aromatic carbocycles. The molecular weight excluding hydrogens is 490 g/mol. The Morgan fingerprint density at radius 3 is 2.31 bits per heavy atom. The number of benzene rings is 3. The first kappa shape index (κ1) is 25.6. The average molecular weight is 520 g/mol. The molecule has 0 aliphatic carbocycles. The van der Waals surface area contributed by atoms with E-state index in [1.165, 1.54) is 6.33 Å². The lowest BCUT2D eigenvalue weighted by Gasteiger charge is -2.16. The van der Waals surface area contributed by atoms with E-state index in [-0.39, 0.29) is 5.91 Å². The molecule has 0 bridgehead atoms. The molecule has 39 heavy (non-hydrogen) atoms. The number of amides is 1. The van der Waals surface area contributed by atoms with Crippen LogP contribution >= 0.6 is 0 Å². The van der Waals surface area contributed by atoms with E-state index in [0.717, 1.165) is 22.7 Å². The van der Waals surface area contributed by atoms with Crippen molar-refractivity contribution >= 4 is 28.4 Å². The molecule has 0 saturated heterocycles. The van der Waals surface area contributed by atoms with Crippen LogP contribution in [0.5, 0.6) is 11.5 Å². The molecule has 9 nitrogen and oxygen atoms in total. The van der Waals surface area contributed by atoms with Crippen LogP contribution in [-0.2, 0) is 4.79 Å². The van der Waals surface area contributed by atoms with Crippen LogP contribution in [0.25, 0.3) is 28.0 Å². The van der Waals surface area contributed by atoms with Crippen LogP contribution in [0.4, 0.5) is 11.5 Å². The summed E-state index contributed by atoms with van der Waals surface area (Å²) in [6.45, 7) is 0.695. The molecule has 0 saturated carbocycles. The van der Waals surface area contributed by atoms with Gasteiger partial charge in [-0.05, 0) is 74.8 Å². The van der Waals surface area contributed by atoms with E-state index >= 15 is 0 Å². The minimum Gasteiger partial charge on any atom is -0.457 e. The van der Waals surface area contributed by atoms with E-state index in [2.05, 4.69) is 9.97 Å². The number of para-hydroxylation sites is 1. The predicted molar refractivity (Wildman–Crippen MR) is 154 cm³/mol. The van der Waals surface area contributed by atoms with Crippen molar-refractivity contribution in [2.24, 2.45) is 0 Å². The number of rotatable bonds is 8. The third-order valence-electron chi connectivity index (χ3n) is 6.14. The largest absolute Gasteiger partial charge is 0.457 e. The van der Waals surface area contributed by atoms with Crippen molar-refractivity contribution in [2.45, 2.75) is 0 Å². The van der Waals surface area contributed by atoms with E-state index in [1.807, 2.05) is 104 Å². The number of nitrogen functional groups attached to an aromatic ring is 1. The number of hydrogen-bond acceptors (Lipinski definition) is 7. The number of carbonyl (C=O) groups excluding carboxylic acids is 1. The van der Waals surface area contributed by atoms with Gasteiger partial charge in [-0.25, -0.2) is 14.6 Å². The zero-order chi connectivity index (χ0) is 27.4. The maximum atomic E-state index is 12.5. The number of fused-ring (bicyclic) bond motifs is 1. The first-order chi connectivity index (χ1) is 18.9. The second kappa shape index (κ2) is 11.2. The third kappa shape index (κ3) is 5.63. The summed E-state index contributed by atoms with van der Waals surface area (Å²) in [6.07, 6.45) is 4.85. The Kier molecular flexibility index (Phi) is 7.33. The van der Waals surface area contributed by atoms with Crippen molar-refractivity contribution in [3.63, 3.8) is 0 Å². The van der Waals surface area contributed by atoms with E-state index in [9.17, 15) is 4.79 Å². The van der Waals surface area contributed by atoms with Gasteiger partial charge in [-0.3, -0.25) is 4.79 Å². The van der Waals surface area contributed by atoms with Crippen LogP contribution < -0.4 is 15.4 Å². The molecule has 0 spiro atoms. The Bertz CT molecular complexity index is 1610. The molecule has 9 heteroatoms. The zero-order valence-corrected chi connectivity index (χ0v) is 22.0. The zero-order valence-electron chi connectivity index (χ0n) is 22.0. The molecule has 0 radical (unpaired) electrons. The Hall–Kier alpha value is -5.02. The molecular formula is C30H29N7O2. The van der Waals surface area contributed by atoms with E-state index < -0.39 is 0 Å². The number of nitrogens with two attached hydrogens (primary N) is 1. The van der Waals surface area contributed by atoms with Crippen LogP contribution in [0.1, 0.15) is 0 Å². The fourth-order valence-corrected chi connectivity index (χ4v) is 4.08. The smallest absolute Gasteiger partial charge is 0.250 e. The first-order valence-corrected chi connectivity index (χ1v) is 12.4. The number of carbonyl (C=O) groups is 1. The first-order valence-electron chi connectivity index (χ1n) is 12.4. The summed E-state index contributed by atoms with van der Waals surface area (Å²) in [4.78, 5) is 24.8. The average Bonchev–Trinajstić information content (AvgIpc) is 3.34.